The Morgan fingerprint density at radius 3 is 2.43 bits per heavy atom. The van der Waals surface area contributed by atoms with Gasteiger partial charge in [0.05, 0.1) is 45.2 Å². The van der Waals surface area contributed by atoms with Crippen LogP contribution in [0.2, 0.25) is 0 Å². The summed E-state index contributed by atoms with van der Waals surface area (Å²) in [6, 6.07) is 11.1. The number of nitrogens with zero attached hydrogens (tertiary/aromatic N) is 1. The van der Waals surface area contributed by atoms with Crippen molar-refractivity contribution in [1.29, 1.82) is 0 Å². The largest absolute Gasteiger partial charge is 0.507 e. The van der Waals surface area contributed by atoms with Crippen molar-refractivity contribution in [3.8, 4) is 17.2 Å². The highest BCUT2D eigenvalue weighted by atomic mass is 19.1. The highest BCUT2D eigenvalue weighted by Gasteiger charge is 2.46. The molecule has 1 aromatic heterocycles. The van der Waals surface area contributed by atoms with E-state index in [-0.39, 0.29) is 23.4 Å². The van der Waals surface area contributed by atoms with Crippen LogP contribution in [0.25, 0.3) is 5.76 Å². The fourth-order valence-corrected chi connectivity index (χ4v) is 4.06. The molecule has 3 aromatic rings. The van der Waals surface area contributed by atoms with Crippen LogP contribution in [0.1, 0.15) is 29.9 Å². The van der Waals surface area contributed by atoms with Gasteiger partial charge >= 0.3 is 0 Å². The number of Topliss-reactive ketones (excluding diaryl/α,β-unsaturated/α-hetero) is 1. The van der Waals surface area contributed by atoms with E-state index in [0.29, 0.717) is 29.4 Å². The van der Waals surface area contributed by atoms with Gasteiger partial charge in [0.25, 0.3) is 11.7 Å². The van der Waals surface area contributed by atoms with Crippen molar-refractivity contribution in [1.82, 2.24) is 4.90 Å². The number of carbonyl (C=O) groups is 2. The number of furan rings is 1. The molecule has 1 amide bonds. The number of benzene rings is 2. The summed E-state index contributed by atoms with van der Waals surface area (Å²) < 4.78 is 35.7. The molecule has 4 rings (SSSR count). The van der Waals surface area contributed by atoms with Crippen LogP contribution < -0.4 is 14.2 Å². The molecule has 1 fully saturated rings. The van der Waals surface area contributed by atoms with E-state index in [9.17, 15) is 19.1 Å². The minimum Gasteiger partial charge on any atom is -0.507 e. The standard InChI is InChI=1S/C26H24FNO7/c1-4-34-20-10-7-15(13-21(20)33-3)23-22(24(29)16-8-9-19(32-2)18(27)12-16)25(30)26(31)28(23)14-17-6-5-11-35-17/h5-13,23,29H,4,14H2,1-3H3/b24-22+. The molecule has 1 N–H and O–H groups in total. The quantitative estimate of drug-likeness (QED) is 0.288. The average molecular weight is 481 g/mol. The van der Waals surface area contributed by atoms with E-state index in [1.807, 2.05) is 6.92 Å². The molecular formula is C26H24FNO7. The summed E-state index contributed by atoms with van der Waals surface area (Å²) in [7, 11) is 2.79. The SMILES string of the molecule is CCOc1ccc(C2/C(=C(\O)c3ccc(OC)c(F)c3)C(=O)C(=O)N2Cc2ccco2)cc1OC. The van der Waals surface area contributed by atoms with E-state index in [2.05, 4.69) is 0 Å². The number of hydrogen-bond acceptors (Lipinski definition) is 7. The molecule has 8 nitrogen and oxygen atoms in total. The van der Waals surface area contributed by atoms with Gasteiger partial charge in [-0.25, -0.2) is 4.39 Å². The summed E-state index contributed by atoms with van der Waals surface area (Å²) in [6.07, 6.45) is 1.46. The van der Waals surface area contributed by atoms with Crippen LogP contribution in [0, 0.1) is 5.82 Å². The lowest BCUT2D eigenvalue weighted by molar-refractivity contribution is -0.140. The van der Waals surface area contributed by atoms with Crippen molar-refractivity contribution < 1.29 is 37.7 Å². The predicted octanol–water partition coefficient (Wildman–Crippen LogP) is 4.46. The number of ether oxygens (including phenoxy) is 3. The molecule has 1 aliphatic heterocycles. The van der Waals surface area contributed by atoms with Crippen molar-refractivity contribution in [3.63, 3.8) is 0 Å². The zero-order valence-corrected chi connectivity index (χ0v) is 19.4. The number of halogens is 1. The molecule has 1 unspecified atom stereocenters. The van der Waals surface area contributed by atoms with Gasteiger partial charge < -0.3 is 28.6 Å². The zero-order valence-electron chi connectivity index (χ0n) is 19.4. The number of carbonyl (C=O) groups excluding carboxylic acids is 2. The van der Waals surface area contributed by atoms with Crippen LogP contribution in [0.15, 0.2) is 64.8 Å². The third-order valence-electron chi connectivity index (χ3n) is 5.67. The number of aliphatic hydroxyl groups excluding tert-OH is 1. The number of rotatable bonds is 8. The Bertz CT molecular complexity index is 1280. The number of amides is 1. The molecule has 0 saturated carbocycles. The topological polar surface area (TPSA) is 98.4 Å². The summed E-state index contributed by atoms with van der Waals surface area (Å²) in [5.74, 6) is -1.65. The van der Waals surface area contributed by atoms with Crippen LogP contribution in [0.3, 0.4) is 0 Å². The average Bonchev–Trinajstić information content (AvgIpc) is 3.46. The van der Waals surface area contributed by atoms with Crippen molar-refractivity contribution >= 4 is 17.4 Å². The van der Waals surface area contributed by atoms with E-state index in [1.165, 1.54) is 37.5 Å². The van der Waals surface area contributed by atoms with Gasteiger partial charge in [-0.3, -0.25) is 9.59 Å². The fourth-order valence-electron chi connectivity index (χ4n) is 4.06. The highest BCUT2D eigenvalue weighted by Crippen LogP contribution is 2.43. The number of likely N-dealkylation sites (tertiary alicyclic amines) is 1. The Morgan fingerprint density at radius 1 is 1.06 bits per heavy atom. The molecule has 182 valence electrons. The summed E-state index contributed by atoms with van der Waals surface area (Å²) in [6.45, 7) is 2.22. The first-order valence-electron chi connectivity index (χ1n) is 10.8. The van der Waals surface area contributed by atoms with Crippen molar-refractivity contribution in [2.75, 3.05) is 20.8 Å². The van der Waals surface area contributed by atoms with E-state index < -0.39 is 29.3 Å². The molecule has 0 radical (unpaired) electrons. The van der Waals surface area contributed by atoms with Gasteiger partial charge in [-0.2, -0.15) is 0 Å². The molecule has 35 heavy (non-hydrogen) atoms. The predicted molar refractivity (Wildman–Crippen MR) is 124 cm³/mol. The summed E-state index contributed by atoms with van der Waals surface area (Å²) >= 11 is 0. The Kier molecular flexibility index (Phi) is 6.77. The molecule has 9 heteroatoms. The third kappa shape index (κ3) is 4.44. The Hall–Kier alpha value is -4.27. The van der Waals surface area contributed by atoms with Gasteiger partial charge in [-0.05, 0) is 55.0 Å². The van der Waals surface area contributed by atoms with Crippen LogP contribution >= 0.6 is 0 Å². The Labute approximate surface area is 201 Å². The lowest BCUT2D eigenvalue weighted by atomic mass is 9.95. The van der Waals surface area contributed by atoms with Crippen molar-refractivity contribution in [2.24, 2.45) is 0 Å². The number of aliphatic hydroxyl groups is 1. The lowest BCUT2D eigenvalue weighted by Gasteiger charge is -2.25. The first-order chi connectivity index (χ1) is 16.9. The van der Waals surface area contributed by atoms with Gasteiger partial charge in [-0.1, -0.05) is 6.07 Å². The van der Waals surface area contributed by atoms with Crippen LogP contribution in [-0.2, 0) is 16.1 Å². The number of ketones is 1. The summed E-state index contributed by atoms with van der Waals surface area (Å²) in [5, 5.41) is 11.1. The Morgan fingerprint density at radius 2 is 1.80 bits per heavy atom. The van der Waals surface area contributed by atoms with E-state index >= 15 is 0 Å². The second-order valence-electron chi connectivity index (χ2n) is 7.70. The maximum atomic E-state index is 14.4. The maximum absolute atomic E-state index is 14.4. The van der Waals surface area contributed by atoms with Crippen LogP contribution in [-0.4, -0.2) is 42.5 Å². The number of hydrogen-bond donors (Lipinski definition) is 1. The van der Waals surface area contributed by atoms with E-state index in [4.69, 9.17) is 18.6 Å². The minimum absolute atomic E-state index is 0.0207. The van der Waals surface area contributed by atoms with E-state index in [1.54, 1.807) is 30.3 Å². The second kappa shape index (κ2) is 9.92. The summed E-state index contributed by atoms with van der Waals surface area (Å²) in [5.41, 5.74) is 0.339. The van der Waals surface area contributed by atoms with E-state index in [0.717, 1.165) is 6.07 Å². The van der Waals surface area contributed by atoms with Crippen molar-refractivity contribution in [2.45, 2.75) is 19.5 Å². The summed E-state index contributed by atoms with van der Waals surface area (Å²) in [4.78, 5) is 27.5. The molecule has 2 heterocycles. The first-order valence-corrected chi connectivity index (χ1v) is 10.8. The molecule has 1 saturated heterocycles. The smallest absolute Gasteiger partial charge is 0.296 e. The lowest BCUT2D eigenvalue weighted by Crippen LogP contribution is -2.29. The van der Waals surface area contributed by atoms with Crippen LogP contribution in [0.4, 0.5) is 4.39 Å². The molecule has 1 aliphatic rings. The molecular weight excluding hydrogens is 457 g/mol. The third-order valence-corrected chi connectivity index (χ3v) is 5.67. The minimum atomic E-state index is -0.991. The fraction of sp³-hybridized carbons (Fsp3) is 0.231. The highest BCUT2D eigenvalue weighted by molar-refractivity contribution is 6.46. The van der Waals surface area contributed by atoms with Gasteiger partial charge in [0, 0.05) is 5.56 Å². The van der Waals surface area contributed by atoms with Gasteiger partial charge in [0.15, 0.2) is 23.1 Å². The van der Waals surface area contributed by atoms with Gasteiger partial charge in [0.2, 0.25) is 0 Å². The molecule has 0 bridgehead atoms. The van der Waals surface area contributed by atoms with Gasteiger partial charge in [0.1, 0.15) is 11.5 Å². The monoisotopic (exact) mass is 481 g/mol. The number of methoxy groups -OCH3 is 2. The first kappa shape index (κ1) is 23.9. The normalized spacial score (nSPS) is 17.0. The second-order valence-corrected chi connectivity index (χ2v) is 7.70. The maximum Gasteiger partial charge on any atom is 0.296 e. The zero-order chi connectivity index (χ0) is 25.1. The van der Waals surface area contributed by atoms with Crippen molar-refractivity contribution in [3.05, 3.63) is 83.1 Å². The van der Waals surface area contributed by atoms with Crippen LogP contribution in [0.5, 0.6) is 17.2 Å². The molecule has 2 aromatic carbocycles. The molecule has 1 atom stereocenters. The molecule has 0 aliphatic carbocycles. The molecule has 0 spiro atoms. The van der Waals surface area contributed by atoms with Gasteiger partial charge in [-0.15, -0.1) is 0 Å². The Balaban J connectivity index is 1.88.